The molecule has 4 rings (SSSR count). The van der Waals surface area contributed by atoms with Gasteiger partial charge in [0.1, 0.15) is 5.82 Å². The molecule has 1 heterocycles. The second-order valence-corrected chi connectivity index (χ2v) is 9.07. The van der Waals surface area contributed by atoms with Crippen molar-refractivity contribution >= 4 is 38.9 Å². The molecule has 0 saturated heterocycles. The van der Waals surface area contributed by atoms with Gasteiger partial charge in [0.05, 0.1) is 15.6 Å². The normalized spacial score (nSPS) is 11.2. The zero-order valence-corrected chi connectivity index (χ0v) is 18.6. The number of benzene rings is 3. The van der Waals surface area contributed by atoms with Crippen molar-refractivity contribution in [3.63, 3.8) is 0 Å². The second-order valence-electron chi connectivity index (χ2n) is 6.98. The predicted molar refractivity (Wildman–Crippen MR) is 121 cm³/mol. The molecule has 0 saturated carbocycles. The number of hydrogen-bond donors (Lipinski definition) is 2. The highest BCUT2D eigenvalue weighted by atomic mass is 35.5. The Morgan fingerprint density at radius 3 is 2.48 bits per heavy atom. The van der Waals surface area contributed by atoms with E-state index in [2.05, 4.69) is 20.2 Å². The van der Waals surface area contributed by atoms with E-state index in [1.54, 1.807) is 18.2 Å². The van der Waals surface area contributed by atoms with E-state index in [9.17, 15) is 17.6 Å². The van der Waals surface area contributed by atoms with Gasteiger partial charge in [-0.1, -0.05) is 17.7 Å². The minimum Gasteiger partial charge on any atom is -0.423 e. The summed E-state index contributed by atoms with van der Waals surface area (Å²) in [6, 6.07) is 13.8. The van der Waals surface area contributed by atoms with E-state index in [-0.39, 0.29) is 21.2 Å². The number of hydrogen-bond acceptors (Lipinski definition) is 6. The van der Waals surface area contributed by atoms with Crippen LogP contribution in [0.4, 0.5) is 15.8 Å². The number of carbonyl (C=O) groups excluding carboxylic acids is 1. The van der Waals surface area contributed by atoms with Crippen LogP contribution in [0.1, 0.15) is 15.9 Å². The molecule has 11 heteroatoms. The van der Waals surface area contributed by atoms with E-state index in [0.29, 0.717) is 17.1 Å². The van der Waals surface area contributed by atoms with Gasteiger partial charge in [0.25, 0.3) is 15.9 Å². The van der Waals surface area contributed by atoms with E-state index in [4.69, 9.17) is 16.0 Å². The van der Waals surface area contributed by atoms with Gasteiger partial charge in [0.2, 0.25) is 12.3 Å². The molecule has 0 aliphatic rings. The SMILES string of the molecule is Cc1ccc(-c2nnco2)cc1NC(=O)c1ccc(Cl)c(NS(=O)(=O)c2ccc(F)cc2)c1. The molecule has 0 radical (unpaired) electrons. The maximum absolute atomic E-state index is 13.1. The lowest BCUT2D eigenvalue weighted by Gasteiger charge is -2.13. The van der Waals surface area contributed by atoms with Gasteiger partial charge in [0.15, 0.2) is 0 Å². The first-order valence-electron chi connectivity index (χ1n) is 9.49. The van der Waals surface area contributed by atoms with E-state index >= 15 is 0 Å². The number of aromatic nitrogens is 2. The number of sulfonamides is 1. The maximum Gasteiger partial charge on any atom is 0.261 e. The third-order valence-electron chi connectivity index (χ3n) is 4.69. The molecule has 0 spiro atoms. The quantitative estimate of drug-likeness (QED) is 0.401. The molecule has 33 heavy (non-hydrogen) atoms. The van der Waals surface area contributed by atoms with Crippen LogP contribution in [0.5, 0.6) is 0 Å². The maximum atomic E-state index is 13.1. The van der Waals surface area contributed by atoms with Crippen molar-refractivity contribution in [1.29, 1.82) is 0 Å². The molecule has 1 amide bonds. The van der Waals surface area contributed by atoms with Gasteiger partial charge in [-0.05, 0) is 67.1 Å². The van der Waals surface area contributed by atoms with Gasteiger partial charge >= 0.3 is 0 Å². The summed E-state index contributed by atoms with van der Waals surface area (Å²) in [5, 5.41) is 10.4. The molecular formula is C22H16ClFN4O4S. The Bertz CT molecular complexity index is 1430. The van der Waals surface area contributed by atoms with Crippen LogP contribution in [0.15, 0.2) is 76.4 Å². The Morgan fingerprint density at radius 2 is 1.79 bits per heavy atom. The third-order valence-corrected chi connectivity index (χ3v) is 6.40. The summed E-state index contributed by atoms with van der Waals surface area (Å²) in [5.74, 6) is -0.752. The lowest BCUT2D eigenvalue weighted by Crippen LogP contribution is -2.16. The Balaban J connectivity index is 1.58. The van der Waals surface area contributed by atoms with Crippen molar-refractivity contribution in [2.45, 2.75) is 11.8 Å². The fourth-order valence-electron chi connectivity index (χ4n) is 2.95. The summed E-state index contributed by atoms with van der Waals surface area (Å²) in [6.45, 7) is 1.82. The number of aryl methyl sites for hydroxylation is 1. The monoisotopic (exact) mass is 486 g/mol. The lowest BCUT2D eigenvalue weighted by atomic mass is 10.1. The van der Waals surface area contributed by atoms with E-state index < -0.39 is 21.7 Å². The van der Waals surface area contributed by atoms with E-state index in [0.717, 1.165) is 29.8 Å². The average molecular weight is 487 g/mol. The first-order chi connectivity index (χ1) is 15.7. The highest BCUT2D eigenvalue weighted by Gasteiger charge is 2.18. The smallest absolute Gasteiger partial charge is 0.261 e. The third kappa shape index (κ3) is 5.02. The van der Waals surface area contributed by atoms with Crippen molar-refractivity contribution in [1.82, 2.24) is 10.2 Å². The van der Waals surface area contributed by atoms with Crippen LogP contribution in [0.25, 0.3) is 11.5 Å². The molecule has 1 aromatic heterocycles. The van der Waals surface area contributed by atoms with Gasteiger partial charge in [-0.25, -0.2) is 12.8 Å². The zero-order valence-electron chi connectivity index (χ0n) is 17.0. The minimum atomic E-state index is -4.05. The van der Waals surface area contributed by atoms with Crippen LogP contribution in [0, 0.1) is 12.7 Å². The standard InChI is InChI=1S/C22H16ClFN4O4S/c1-13-2-3-15(22-27-25-12-32-22)11-19(13)26-21(29)14-4-9-18(23)20(10-14)28-33(30,31)17-7-5-16(24)6-8-17/h2-12,28H,1H3,(H,26,29). The Kier molecular flexibility index (Phi) is 6.12. The van der Waals surface area contributed by atoms with Gasteiger partial charge in [0, 0.05) is 16.8 Å². The van der Waals surface area contributed by atoms with Gasteiger partial charge in [-0.3, -0.25) is 9.52 Å². The first kappa shape index (κ1) is 22.4. The molecule has 0 aliphatic carbocycles. The Labute approximate surface area is 193 Å². The summed E-state index contributed by atoms with van der Waals surface area (Å²) in [4.78, 5) is 12.7. The molecular weight excluding hydrogens is 471 g/mol. The molecule has 0 fully saturated rings. The van der Waals surface area contributed by atoms with Crippen LogP contribution in [-0.4, -0.2) is 24.5 Å². The van der Waals surface area contributed by atoms with Crippen molar-refractivity contribution in [2.24, 2.45) is 0 Å². The van der Waals surface area contributed by atoms with Crippen LogP contribution >= 0.6 is 11.6 Å². The van der Waals surface area contributed by atoms with Gasteiger partial charge < -0.3 is 9.73 Å². The summed E-state index contributed by atoms with van der Waals surface area (Å²) in [7, 11) is -4.05. The molecule has 168 valence electrons. The molecule has 0 atom stereocenters. The summed E-state index contributed by atoms with van der Waals surface area (Å²) in [5.41, 5.74) is 2.10. The number of nitrogens with zero attached hydrogens (tertiary/aromatic N) is 2. The highest BCUT2D eigenvalue weighted by Crippen LogP contribution is 2.28. The molecule has 3 aromatic carbocycles. The molecule has 2 N–H and O–H groups in total. The number of carbonyl (C=O) groups is 1. The van der Waals surface area contributed by atoms with Crippen LogP contribution < -0.4 is 10.0 Å². The van der Waals surface area contributed by atoms with Gasteiger partial charge in [-0.15, -0.1) is 10.2 Å². The predicted octanol–water partition coefficient (Wildman–Crippen LogP) is 4.89. The van der Waals surface area contributed by atoms with E-state index in [1.165, 1.54) is 24.6 Å². The number of nitrogens with one attached hydrogen (secondary N) is 2. The molecule has 0 bridgehead atoms. The minimum absolute atomic E-state index is 0.00461. The fourth-order valence-corrected chi connectivity index (χ4v) is 4.24. The highest BCUT2D eigenvalue weighted by molar-refractivity contribution is 7.92. The number of halogens is 2. The van der Waals surface area contributed by atoms with Crippen molar-refractivity contribution in [2.75, 3.05) is 10.0 Å². The van der Waals surface area contributed by atoms with Crippen molar-refractivity contribution in [3.05, 3.63) is 89.0 Å². The van der Waals surface area contributed by atoms with Gasteiger partial charge in [-0.2, -0.15) is 0 Å². The first-order valence-corrected chi connectivity index (χ1v) is 11.4. The summed E-state index contributed by atoms with van der Waals surface area (Å²) < 4.78 is 45.9. The van der Waals surface area contributed by atoms with Crippen molar-refractivity contribution in [3.8, 4) is 11.5 Å². The Morgan fingerprint density at radius 1 is 1.03 bits per heavy atom. The average Bonchev–Trinajstić information content (AvgIpc) is 3.32. The fraction of sp³-hybridized carbons (Fsp3) is 0.0455. The topological polar surface area (TPSA) is 114 Å². The van der Waals surface area contributed by atoms with Crippen LogP contribution in [0.3, 0.4) is 0 Å². The largest absolute Gasteiger partial charge is 0.423 e. The lowest BCUT2D eigenvalue weighted by molar-refractivity contribution is 0.102. The molecule has 8 nitrogen and oxygen atoms in total. The summed E-state index contributed by atoms with van der Waals surface area (Å²) in [6.07, 6.45) is 1.20. The Hall–Kier alpha value is -3.76. The van der Waals surface area contributed by atoms with E-state index in [1.807, 2.05) is 6.92 Å². The second kappa shape index (κ2) is 9.00. The summed E-state index contributed by atoms with van der Waals surface area (Å²) >= 11 is 6.14. The number of anilines is 2. The zero-order chi connectivity index (χ0) is 23.6. The van der Waals surface area contributed by atoms with Crippen LogP contribution in [-0.2, 0) is 10.0 Å². The number of amides is 1. The number of rotatable bonds is 6. The molecule has 0 aliphatic heterocycles. The van der Waals surface area contributed by atoms with Crippen LogP contribution in [0.2, 0.25) is 5.02 Å². The molecule has 4 aromatic rings. The van der Waals surface area contributed by atoms with Crippen molar-refractivity contribution < 1.29 is 22.0 Å². The molecule has 0 unspecified atom stereocenters.